The molecule has 24 heavy (non-hydrogen) atoms. The van der Waals surface area contributed by atoms with E-state index in [2.05, 4.69) is 5.32 Å². The molecule has 1 aromatic rings. The van der Waals surface area contributed by atoms with Crippen LogP contribution in [-0.4, -0.2) is 37.1 Å². The van der Waals surface area contributed by atoms with Gasteiger partial charge in [-0.15, -0.1) is 0 Å². The van der Waals surface area contributed by atoms with Crippen molar-refractivity contribution in [2.75, 3.05) is 25.5 Å². The van der Waals surface area contributed by atoms with Crippen molar-refractivity contribution in [3.8, 4) is 5.75 Å². The quantitative estimate of drug-likeness (QED) is 0.634. The van der Waals surface area contributed by atoms with Gasteiger partial charge in [-0.3, -0.25) is 14.9 Å². The second-order valence-electron chi connectivity index (χ2n) is 6.28. The number of quaternary nitrogens is 1. The van der Waals surface area contributed by atoms with Crippen LogP contribution in [0.3, 0.4) is 0 Å². The summed E-state index contributed by atoms with van der Waals surface area (Å²) in [5.74, 6) is 0.285. The first-order valence-corrected chi connectivity index (χ1v) is 8.51. The molecule has 0 aromatic heterocycles. The van der Waals surface area contributed by atoms with Gasteiger partial charge in [0.25, 0.3) is 11.6 Å². The summed E-state index contributed by atoms with van der Waals surface area (Å²) in [6, 6.07) is 4.00. The van der Waals surface area contributed by atoms with Gasteiger partial charge in [0, 0.05) is 12.1 Å². The number of likely N-dealkylation sites (tertiary alicyclic amines) is 1. The number of rotatable bonds is 5. The van der Waals surface area contributed by atoms with E-state index in [9.17, 15) is 14.9 Å². The lowest BCUT2D eigenvalue weighted by Gasteiger charge is -2.27. The number of benzene rings is 1. The number of carbonyl (C=O) groups excluding carboxylic acids is 1. The molecule has 1 amide bonds. The third-order valence-corrected chi connectivity index (χ3v) is 4.65. The molecule has 0 radical (unpaired) electrons. The molecule has 7 heteroatoms. The van der Waals surface area contributed by atoms with Gasteiger partial charge in [-0.2, -0.15) is 0 Å². The molecule has 1 aliphatic heterocycles. The van der Waals surface area contributed by atoms with E-state index in [1.165, 1.54) is 49.5 Å². The molecule has 0 spiro atoms. The average Bonchev–Trinajstić information content (AvgIpc) is 2.53. The summed E-state index contributed by atoms with van der Waals surface area (Å²) in [5, 5.41) is 13.7. The van der Waals surface area contributed by atoms with Crippen LogP contribution >= 0.6 is 0 Å². The number of methoxy groups -OCH3 is 1. The molecular formula is C17H26N3O4+. The molecule has 2 N–H and O–H groups in total. The van der Waals surface area contributed by atoms with Crippen molar-refractivity contribution in [3.05, 3.63) is 28.3 Å². The first-order valence-electron chi connectivity index (χ1n) is 8.51. The molecule has 0 unspecified atom stereocenters. The summed E-state index contributed by atoms with van der Waals surface area (Å²) < 4.78 is 5.20. The molecular weight excluding hydrogens is 310 g/mol. The Balaban J connectivity index is 2.09. The smallest absolute Gasteiger partial charge is 0.282 e. The highest BCUT2D eigenvalue weighted by atomic mass is 16.6. The topological polar surface area (TPSA) is 85.9 Å². The minimum atomic E-state index is -0.484. The third-order valence-electron chi connectivity index (χ3n) is 4.65. The van der Waals surface area contributed by atoms with Gasteiger partial charge < -0.3 is 15.0 Å². The van der Waals surface area contributed by atoms with E-state index in [1.807, 2.05) is 6.92 Å². The van der Waals surface area contributed by atoms with Crippen molar-refractivity contribution < 1.29 is 19.4 Å². The molecule has 1 aromatic carbocycles. The van der Waals surface area contributed by atoms with Crippen LogP contribution in [0.5, 0.6) is 5.75 Å². The number of hydrogen-bond donors (Lipinski definition) is 2. The largest absolute Gasteiger partial charge is 0.495 e. The maximum atomic E-state index is 12.6. The highest BCUT2D eigenvalue weighted by Crippen LogP contribution is 2.28. The maximum absolute atomic E-state index is 12.6. The zero-order valence-electron chi connectivity index (χ0n) is 14.3. The van der Waals surface area contributed by atoms with Crippen LogP contribution in [0.4, 0.5) is 11.4 Å². The lowest BCUT2D eigenvalue weighted by Crippen LogP contribution is -3.16. The predicted octanol–water partition coefficient (Wildman–Crippen LogP) is 1.78. The Morgan fingerprint density at radius 2 is 1.88 bits per heavy atom. The molecule has 0 saturated carbocycles. The minimum absolute atomic E-state index is 0.0719. The lowest BCUT2D eigenvalue weighted by atomic mass is 10.1. The Bertz CT molecular complexity index is 583. The Morgan fingerprint density at radius 1 is 1.25 bits per heavy atom. The van der Waals surface area contributed by atoms with Gasteiger partial charge in [0.1, 0.15) is 5.75 Å². The molecule has 7 nitrogen and oxygen atoms in total. The Hall–Kier alpha value is -2.15. The molecule has 2 rings (SSSR count). The van der Waals surface area contributed by atoms with Crippen molar-refractivity contribution in [1.29, 1.82) is 0 Å². The lowest BCUT2D eigenvalue weighted by molar-refractivity contribution is -0.914. The molecule has 1 fully saturated rings. The zero-order chi connectivity index (χ0) is 17.5. The van der Waals surface area contributed by atoms with Crippen molar-refractivity contribution in [2.45, 2.75) is 45.1 Å². The van der Waals surface area contributed by atoms with Gasteiger partial charge >= 0.3 is 0 Å². The Kier molecular flexibility index (Phi) is 6.54. The molecule has 1 aliphatic rings. The van der Waals surface area contributed by atoms with Gasteiger partial charge in [0.2, 0.25) is 0 Å². The summed E-state index contributed by atoms with van der Waals surface area (Å²) >= 11 is 0. The van der Waals surface area contributed by atoms with Crippen LogP contribution in [0.1, 0.15) is 39.0 Å². The van der Waals surface area contributed by atoms with Crippen molar-refractivity contribution in [1.82, 2.24) is 0 Å². The highest BCUT2D eigenvalue weighted by Gasteiger charge is 2.26. The number of nitrogens with one attached hydrogen (secondary N) is 2. The van der Waals surface area contributed by atoms with Gasteiger partial charge in [0.05, 0.1) is 30.8 Å². The Labute approximate surface area is 142 Å². The number of anilines is 1. The van der Waals surface area contributed by atoms with E-state index in [4.69, 9.17) is 4.74 Å². The average molecular weight is 336 g/mol. The highest BCUT2D eigenvalue weighted by molar-refractivity contribution is 5.95. The SMILES string of the molecule is COc1ccc([N+](=O)[O-])cc1NC(=O)[C@H](C)[NH+]1CCCCCCC1. The van der Waals surface area contributed by atoms with Gasteiger partial charge in [-0.1, -0.05) is 6.42 Å². The predicted molar refractivity (Wildman–Crippen MR) is 91.5 cm³/mol. The molecule has 0 aliphatic carbocycles. The normalized spacial score (nSPS) is 17.4. The fraction of sp³-hybridized carbons (Fsp3) is 0.588. The first-order chi connectivity index (χ1) is 11.5. The van der Waals surface area contributed by atoms with Crippen molar-refractivity contribution in [2.24, 2.45) is 0 Å². The summed E-state index contributed by atoms with van der Waals surface area (Å²) in [6.45, 7) is 3.89. The van der Waals surface area contributed by atoms with Crippen LogP contribution in [0.2, 0.25) is 0 Å². The number of amides is 1. The van der Waals surface area contributed by atoms with Gasteiger partial charge in [-0.25, -0.2) is 0 Å². The fourth-order valence-electron chi connectivity index (χ4n) is 3.13. The van der Waals surface area contributed by atoms with E-state index in [-0.39, 0.29) is 17.6 Å². The number of nitrogens with zero attached hydrogens (tertiary/aromatic N) is 1. The van der Waals surface area contributed by atoms with E-state index >= 15 is 0 Å². The van der Waals surface area contributed by atoms with Crippen LogP contribution in [0.25, 0.3) is 0 Å². The second-order valence-corrected chi connectivity index (χ2v) is 6.28. The number of hydrogen-bond acceptors (Lipinski definition) is 4. The zero-order valence-corrected chi connectivity index (χ0v) is 14.3. The maximum Gasteiger partial charge on any atom is 0.282 e. The molecule has 0 bridgehead atoms. The van der Waals surface area contributed by atoms with E-state index in [0.717, 1.165) is 25.9 Å². The standard InChI is InChI=1S/C17H25N3O4/c1-13(19-10-6-4-3-5-7-11-19)17(21)18-15-12-14(20(22)23)8-9-16(15)24-2/h8-9,12-13H,3-7,10-11H2,1-2H3,(H,18,21)/p+1/t13-/m0/s1. The molecule has 1 saturated heterocycles. The van der Waals surface area contributed by atoms with E-state index < -0.39 is 4.92 Å². The molecule has 1 heterocycles. The second kappa shape index (κ2) is 8.63. The third kappa shape index (κ3) is 4.67. The van der Waals surface area contributed by atoms with Crippen LogP contribution in [0.15, 0.2) is 18.2 Å². The summed E-state index contributed by atoms with van der Waals surface area (Å²) in [5.41, 5.74) is 0.271. The summed E-state index contributed by atoms with van der Waals surface area (Å²) in [6.07, 6.45) is 5.98. The van der Waals surface area contributed by atoms with E-state index in [1.54, 1.807) is 0 Å². The number of carbonyl (C=O) groups is 1. The van der Waals surface area contributed by atoms with Crippen LogP contribution in [0, 0.1) is 10.1 Å². The number of ether oxygens (including phenoxy) is 1. The molecule has 132 valence electrons. The van der Waals surface area contributed by atoms with Gasteiger partial charge in [0.15, 0.2) is 6.04 Å². The van der Waals surface area contributed by atoms with Crippen molar-refractivity contribution >= 4 is 17.3 Å². The summed E-state index contributed by atoms with van der Waals surface area (Å²) in [7, 11) is 1.48. The first kappa shape index (κ1) is 18.2. The van der Waals surface area contributed by atoms with Gasteiger partial charge in [-0.05, 0) is 38.7 Å². The number of nitro benzene ring substituents is 1. The minimum Gasteiger partial charge on any atom is -0.495 e. The molecule has 1 atom stereocenters. The number of non-ortho nitro benzene ring substituents is 1. The van der Waals surface area contributed by atoms with Crippen LogP contribution < -0.4 is 15.0 Å². The Morgan fingerprint density at radius 3 is 2.46 bits per heavy atom. The number of nitro groups is 1. The van der Waals surface area contributed by atoms with Crippen LogP contribution in [-0.2, 0) is 4.79 Å². The fourth-order valence-corrected chi connectivity index (χ4v) is 3.13. The monoisotopic (exact) mass is 336 g/mol. The van der Waals surface area contributed by atoms with Crippen molar-refractivity contribution in [3.63, 3.8) is 0 Å². The summed E-state index contributed by atoms with van der Waals surface area (Å²) in [4.78, 5) is 24.3. The van der Waals surface area contributed by atoms with E-state index in [0.29, 0.717) is 11.4 Å².